The van der Waals surface area contributed by atoms with E-state index in [2.05, 4.69) is 9.37 Å². The summed E-state index contributed by atoms with van der Waals surface area (Å²) in [6, 6.07) is 0.158. The van der Waals surface area contributed by atoms with Crippen molar-refractivity contribution in [2.45, 2.75) is 11.3 Å². The third kappa shape index (κ3) is 3.60. The first-order chi connectivity index (χ1) is 13.6. The maximum Gasteiger partial charge on any atom is 0.348 e. The monoisotopic (exact) mass is 447 g/mol. The highest BCUT2D eigenvalue weighted by Crippen LogP contribution is 2.42. The maximum atomic E-state index is 12.8. The van der Waals surface area contributed by atoms with Gasteiger partial charge in [0, 0.05) is 22.9 Å². The Morgan fingerprint density at radius 3 is 2.66 bits per heavy atom. The predicted molar refractivity (Wildman–Crippen MR) is 100 cm³/mol. The zero-order valence-electron chi connectivity index (χ0n) is 14.1. The van der Waals surface area contributed by atoms with Gasteiger partial charge in [-0.2, -0.15) is 13.1 Å². The Hall–Kier alpha value is -2.86. The molecule has 0 radical (unpaired) electrons. The summed E-state index contributed by atoms with van der Waals surface area (Å²) in [6.07, 6.45) is 0.537. The second kappa shape index (κ2) is 7.52. The molecule has 0 unspecified atom stereocenters. The van der Waals surface area contributed by atoms with E-state index >= 15 is 0 Å². The molecule has 2 aromatic rings. The number of aromatic nitrogens is 1. The van der Waals surface area contributed by atoms with Gasteiger partial charge in [0.1, 0.15) is 0 Å². The number of carbonyl (C=O) groups excluding carboxylic acids is 1. The minimum absolute atomic E-state index is 0.0109. The van der Waals surface area contributed by atoms with Crippen LogP contribution in [0.2, 0.25) is 0 Å². The van der Waals surface area contributed by atoms with Crippen molar-refractivity contribution >= 4 is 50.7 Å². The Kier molecular flexibility index (Phi) is 5.41. The molecule has 0 saturated heterocycles. The van der Waals surface area contributed by atoms with Crippen LogP contribution in [0, 0.1) is 0 Å². The second-order valence-corrected chi connectivity index (χ2v) is 7.86. The van der Waals surface area contributed by atoms with E-state index < -0.39 is 38.9 Å². The van der Waals surface area contributed by atoms with Crippen LogP contribution in [0.25, 0.3) is 16.8 Å². The minimum atomic E-state index is -4.69. The van der Waals surface area contributed by atoms with Crippen LogP contribution in [0.1, 0.15) is 11.1 Å². The van der Waals surface area contributed by atoms with E-state index in [1.54, 1.807) is 5.43 Å². The number of hydrogen-bond acceptors (Lipinski definition) is 11. The largest absolute Gasteiger partial charge is 0.493 e. The Bertz CT molecular complexity index is 1220. The van der Waals surface area contributed by atoms with Crippen molar-refractivity contribution in [3.8, 4) is 5.88 Å². The molecule has 0 atom stereocenters. The van der Waals surface area contributed by atoms with Crippen LogP contribution in [-0.4, -0.2) is 34.0 Å². The molecule has 1 heterocycles. The molecular weight excluding hydrogens is 434 g/mol. The average molecular weight is 447 g/mol. The lowest BCUT2D eigenvalue weighted by molar-refractivity contribution is -0.432. The lowest BCUT2D eigenvalue weighted by Gasteiger charge is -2.22. The number of carbonyl (C=O) groups is 1. The summed E-state index contributed by atoms with van der Waals surface area (Å²) in [5.41, 5.74) is 8.57. The van der Waals surface area contributed by atoms with Crippen LogP contribution in [-0.2, 0) is 25.9 Å². The van der Waals surface area contributed by atoms with Crippen molar-refractivity contribution in [3.05, 3.63) is 32.5 Å². The van der Waals surface area contributed by atoms with E-state index in [1.165, 1.54) is 6.07 Å². The Morgan fingerprint density at radius 2 is 2.07 bits per heavy atom. The standard InChI is InChI=1S/C13H13N5O9S2/c14-10-5-1-4(29(23,24)25)2-6-9(5)7(3-8(10)28-27-26-22)12(20)18(11(6)19)17-13(21)16-15/h1,3,19,22H,2,14-15H2,(H2,16,17,21)(H,23,24,25). The SMILES string of the molecule is NNC(=O)Nn1c(O)c2c3c(c(N)c(SOOO)cc3c1=O)C=C(S(=O)(=O)O)C2. The zero-order valence-corrected chi connectivity index (χ0v) is 15.7. The highest BCUT2D eigenvalue weighted by Gasteiger charge is 2.30. The number of rotatable bonds is 5. The number of nitrogens with zero attached hydrogens (tertiary/aromatic N) is 1. The smallest absolute Gasteiger partial charge is 0.348 e. The highest BCUT2D eigenvalue weighted by atomic mass is 32.2. The summed E-state index contributed by atoms with van der Waals surface area (Å²) in [6.45, 7) is 0. The molecule has 0 fully saturated rings. The number of urea groups is 1. The van der Waals surface area contributed by atoms with Crippen molar-refractivity contribution in [1.82, 2.24) is 10.1 Å². The van der Waals surface area contributed by atoms with Gasteiger partial charge in [0.05, 0.1) is 32.9 Å². The van der Waals surface area contributed by atoms with E-state index in [-0.39, 0.29) is 32.5 Å². The van der Waals surface area contributed by atoms with Crippen LogP contribution >= 0.6 is 12.0 Å². The van der Waals surface area contributed by atoms with Gasteiger partial charge < -0.3 is 10.8 Å². The quantitative estimate of drug-likeness (QED) is 0.0592. The van der Waals surface area contributed by atoms with Crippen molar-refractivity contribution < 1.29 is 37.5 Å². The van der Waals surface area contributed by atoms with E-state index in [1.807, 2.05) is 5.43 Å². The van der Waals surface area contributed by atoms with Crippen molar-refractivity contribution in [1.29, 1.82) is 0 Å². The number of nitrogen functional groups attached to an aromatic ring is 1. The molecule has 1 aromatic heterocycles. The molecule has 14 nitrogen and oxygen atoms in total. The number of anilines is 1. The Labute approximate surface area is 165 Å². The summed E-state index contributed by atoms with van der Waals surface area (Å²) in [5, 5.41) is 22.3. The maximum absolute atomic E-state index is 12.8. The molecule has 16 heteroatoms. The number of pyridine rings is 1. The summed E-state index contributed by atoms with van der Waals surface area (Å²) in [4.78, 5) is 23.9. The van der Waals surface area contributed by atoms with Gasteiger partial charge in [-0.25, -0.2) is 21.3 Å². The van der Waals surface area contributed by atoms with Crippen molar-refractivity contribution in [2.75, 3.05) is 11.2 Å². The first kappa shape index (κ1) is 20.9. The van der Waals surface area contributed by atoms with Gasteiger partial charge in [-0.05, 0) is 12.1 Å². The summed E-state index contributed by atoms with van der Waals surface area (Å²) >= 11 is 0.398. The van der Waals surface area contributed by atoms with Crippen LogP contribution in [0.3, 0.4) is 0 Å². The molecule has 29 heavy (non-hydrogen) atoms. The summed E-state index contributed by atoms with van der Waals surface area (Å²) in [5.74, 6) is 4.17. The fourth-order valence-corrected chi connectivity index (χ4v) is 3.94. The van der Waals surface area contributed by atoms with E-state index in [9.17, 15) is 27.7 Å². The molecule has 0 saturated carbocycles. The number of nitrogens with two attached hydrogens (primary N) is 2. The van der Waals surface area contributed by atoms with Crippen LogP contribution in [0.5, 0.6) is 5.88 Å². The molecule has 1 aliphatic carbocycles. The molecule has 0 aliphatic heterocycles. The van der Waals surface area contributed by atoms with Crippen LogP contribution < -0.4 is 28.0 Å². The average Bonchev–Trinajstić information content (AvgIpc) is 2.68. The first-order valence-corrected chi connectivity index (χ1v) is 9.61. The third-order valence-electron chi connectivity index (χ3n) is 4.07. The van der Waals surface area contributed by atoms with Crippen LogP contribution in [0.4, 0.5) is 10.5 Å². The summed E-state index contributed by atoms with van der Waals surface area (Å²) < 4.78 is 37.6. The third-order valence-corrected chi connectivity index (χ3v) is 5.64. The van der Waals surface area contributed by atoms with E-state index in [4.69, 9.17) is 16.8 Å². The molecule has 2 amide bonds. The molecule has 9 N–H and O–H groups in total. The molecule has 0 spiro atoms. The number of hydrazine groups is 1. The van der Waals surface area contributed by atoms with E-state index in [0.29, 0.717) is 16.7 Å². The molecule has 1 aromatic carbocycles. The fraction of sp³-hybridized carbons (Fsp3) is 0.0769. The molecule has 0 bridgehead atoms. The number of aromatic hydroxyl groups is 1. The second-order valence-electron chi connectivity index (χ2n) is 5.64. The Morgan fingerprint density at radius 1 is 1.38 bits per heavy atom. The minimum Gasteiger partial charge on any atom is -0.493 e. The van der Waals surface area contributed by atoms with Gasteiger partial charge in [-0.1, -0.05) is 5.04 Å². The number of allylic oxidation sites excluding steroid dienone is 1. The van der Waals surface area contributed by atoms with Gasteiger partial charge in [0.15, 0.2) is 0 Å². The van der Waals surface area contributed by atoms with Crippen molar-refractivity contribution in [2.24, 2.45) is 5.84 Å². The number of nitrogens with one attached hydrogen (secondary N) is 2. The van der Waals surface area contributed by atoms with Gasteiger partial charge >= 0.3 is 6.03 Å². The number of benzene rings is 1. The normalized spacial score (nSPS) is 13.3. The van der Waals surface area contributed by atoms with Crippen molar-refractivity contribution in [3.63, 3.8) is 0 Å². The first-order valence-electron chi connectivity index (χ1n) is 7.43. The van der Waals surface area contributed by atoms with Crippen LogP contribution in [0.15, 0.2) is 20.7 Å². The topological polar surface area (TPSA) is 228 Å². The number of amides is 2. The molecule has 3 rings (SSSR count). The fourth-order valence-electron chi connectivity index (χ4n) is 2.88. The highest BCUT2D eigenvalue weighted by molar-refractivity contribution is 7.94. The Balaban J connectivity index is 2.43. The molecule has 1 aliphatic rings. The van der Waals surface area contributed by atoms with Gasteiger partial charge in [0.25, 0.3) is 15.7 Å². The van der Waals surface area contributed by atoms with Gasteiger partial charge in [0.2, 0.25) is 5.88 Å². The lowest BCUT2D eigenvalue weighted by Crippen LogP contribution is -2.42. The summed E-state index contributed by atoms with van der Waals surface area (Å²) in [7, 11) is -4.69. The molecular formula is C13H13N5O9S2. The number of hydrogen-bond donors (Lipinski definition) is 7. The van der Waals surface area contributed by atoms with Gasteiger partial charge in [-0.3, -0.25) is 14.8 Å². The molecule has 156 valence electrons. The predicted octanol–water partition coefficient (Wildman–Crippen LogP) is -0.371. The van der Waals surface area contributed by atoms with Gasteiger partial charge in [-0.15, -0.1) is 4.33 Å². The lowest BCUT2D eigenvalue weighted by atomic mass is 9.93. The van der Waals surface area contributed by atoms with E-state index in [0.717, 1.165) is 6.08 Å². The zero-order chi connectivity index (χ0) is 21.5.